The highest BCUT2D eigenvalue weighted by Crippen LogP contribution is 2.40. The highest BCUT2D eigenvalue weighted by molar-refractivity contribution is 5.66. The van der Waals surface area contributed by atoms with E-state index in [-0.39, 0.29) is 24.1 Å². The molecule has 3 aromatic rings. The van der Waals surface area contributed by atoms with E-state index in [4.69, 9.17) is 4.74 Å². The summed E-state index contributed by atoms with van der Waals surface area (Å²) in [5, 5.41) is 19.4. The topological polar surface area (TPSA) is 66.8 Å². The average Bonchev–Trinajstić information content (AvgIpc) is 2.65. The molecule has 0 bridgehead atoms. The molecule has 3 aromatic carbocycles. The fraction of sp³-hybridized carbons (Fsp3) is 0.136. The first-order valence-electron chi connectivity index (χ1n) is 8.30. The van der Waals surface area contributed by atoms with Crippen LogP contribution in [0, 0.1) is 0 Å². The minimum Gasteiger partial charge on any atom is -0.508 e. The van der Waals surface area contributed by atoms with E-state index in [1.807, 2.05) is 54.6 Å². The number of rotatable bonds is 5. The predicted molar refractivity (Wildman–Crippen MR) is 99.2 cm³/mol. The van der Waals surface area contributed by atoms with E-state index >= 15 is 0 Å². The third-order valence-electron chi connectivity index (χ3n) is 4.48. The molecule has 0 spiro atoms. The second-order valence-electron chi connectivity index (χ2n) is 6.15. The lowest BCUT2D eigenvalue weighted by Gasteiger charge is -2.35. The van der Waals surface area contributed by atoms with Crippen LogP contribution >= 0.6 is 0 Å². The van der Waals surface area contributed by atoms with E-state index in [9.17, 15) is 15.0 Å². The number of phenolic OH excluding ortho intramolecular Hbond substituents is 2. The van der Waals surface area contributed by atoms with Gasteiger partial charge in [-0.15, -0.1) is 0 Å². The number of hydrogen-bond acceptors (Lipinski definition) is 4. The molecule has 4 heteroatoms. The fourth-order valence-corrected chi connectivity index (χ4v) is 3.17. The Morgan fingerprint density at radius 3 is 1.62 bits per heavy atom. The Morgan fingerprint density at radius 2 is 1.19 bits per heavy atom. The number of carbonyl (C=O) groups excluding carboxylic acids is 1. The first-order chi connectivity index (χ1) is 12.5. The van der Waals surface area contributed by atoms with E-state index in [1.165, 1.54) is 6.92 Å². The Morgan fingerprint density at radius 1 is 0.769 bits per heavy atom. The van der Waals surface area contributed by atoms with Gasteiger partial charge in [0.15, 0.2) is 0 Å². The molecule has 0 saturated heterocycles. The van der Waals surface area contributed by atoms with Gasteiger partial charge in [0.25, 0.3) is 0 Å². The Kier molecular flexibility index (Phi) is 4.94. The average molecular weight is 348 g/mol. The molecule has 0 aliphatic carbocycles. The molecule has 0 saturated carbocycles. The largest absolute Gasteiger partial charge is 0.508 e. The number of benzene rings is 3. The smallest absolute Gasteiger partial charge is 0.302 e. The second-order valence-corrected chi connectivity index (χ2v) is 6.15. The van der Waals surface area contributed by atoms with Crippen LogP contribution in [0.1, 0.15) is 23.6 Å². The molecule has 0 radical (unpaired) electrons. The quantitative estimate of drug-likeness (QED) is 0.540. The summed E-state index contributed by atoms with van der Waals surface area (Å²) in [7, 11) is 0. The van der Waals surface area contributed by atoms with Crippen LogP contribution in [0.5, 0.6) is 11.5 Å². The van der Waals surface area contributed by atoms with Crippen LogP contribution < -0.4 is 0 Å². The summed E-state index contributed by atoms with van der Waals surface area (Å²) in [6, 6.07) is 23.5. The zero-order chi connectivity index (χ0) is 18.6. The number of phenols is 2. The van der Waals surface area contributed by atoms with Crippen molar-refractivity contribution < 1.29 is 19.7 Å². The van der Waals surface area contributed by atoms with Crippen LogP contribution in [0.2, 0.25) is 0 Å². The van der Waals surface area contributed by atoms with Crippen molar-refractivity contribution in [2.75, 3.05) is 6.61 Å². The summed E-state index contributed by atoms with van der Waals surface area (Å²) in [6.45, 7) is 1.48. The molecule has 3 rings (SSSR count). The molecule has 2 N–H and O–H groups in total. The zero-order valence-electron chi connectivity index (χ0n) is 14.4. The highest BCUT2D eigenvalue weighted by Gasteiger charge is 2.37. The van der Waals surface area contributed by atoms with Gasteiger partial charge in [-0.25, -0.2) is 0 Å². The minimum absolute atomic E-state index is 0.0991. The Labute approximate surface area is 152 Å². The van der Waals surface area contributed by atoms with E-state index in [2.05, 4.69) is 0 Å². The number of hydrogen-bond donors (Lipinski definition) is 2. The van der Waals surface area contributed by atoms with E-state index < -0.39 is 5.41 Å². The van der Waals surface area contributed by atoms with Gasteiger partial charge in [-0.1, -0.05) is 54.6 Å². The first kappa shape index (κ1) is 17.5. The van der Waals surface area contributed by atoms with E-state index in [0.717, 1.165) is 16.7 Å². The van der Waals surface area contributed by atoms with Crippen molar-refractivity contribution in [1.29, 1.82) is 0 Å². The minimum atomic E-state index is -0.770. The third-order valence-corrected chi connectivity index (χ3v) is 4.48. The van der Waals surface area contributed by atoms with Gasteiger partial charge in [0.05, 0.1) is 5.41 Å². The van der Waals surface area contributed by atoms with Crippen molar-refractivity contribution >= 4 is 5.97 Å². The fourth-order valence-electron chi connectivity index (χ4n) is 3.17. The lowest BCUT2D eigenvalue weighted by atomic mass is 9.70. The van der Waals surface area contributed by atoms with Gasteiger partial charge < -0.3 is 14.9 Å². The summed E-state index contributed by atoms with van der Waals surface area (Å²) in [6.07, 6.45) is 0. The zero-order valence-corrected chi connectivity index (χ0v) is 14.4. The van der Waals surface area contributed by atoms with Crippen LogP contribution in [-0.2, 0) is 14.9 Å². The van der Waals surface area contributed by atoms with Gasteiger partial charge in [0, 0.05) is 6.92 Å². The Balaban J connectivity index is 2.27. The third kappa shape index (κ3) is 3.40. The van der Waals surface area contributed by atoms with Crippen LogP contribution in [0.15, 0.2) is 78.9 Å². The molecular formula is C22H20O4. The lowest BCUT2D eigenvalue weighted by molar-refractivity contribution is -0.142. The summed E-state index contributed by atoms with van der Waals surface area (Å²) in [5.74, 6) is -0.0503. The second kappa shape index (κ2) is 7.31. The lowest BCUT2D eigenvalue weighted by Crippen LogP contribution is -2.35. The van der Waals surface area contributed by atoms with Gasteiger partial charge in [-0.05, 0) is 41.0 Å². The normalized spacial score (nSPS) is 11.1. The van der Waals surface area contributed by atoms with Crippen molar-refractivity contribution in [3.8, 4) is 11.5 Å². The van der Waals surface area contributed by atoms with Crippen molar-refractivity contribution in [3.63, 3.8) is 0 Å². The molecule has 0 unspecified atom stereocenters. The van der Waals surface area contributed by atoms with E-state index in [1.54, 1.807) is 24.3 Å². The maximum atomic E-state index is 11.6. The summed E-state index contributed by atoms with van der Waals surface area (Å²) in [4.78, 5) is 11.6. The van der Waals surface area contributed by atoms with Gasteiger partial charge in [0.2, 0.25) is 0 Å². The SMILES string of the molecule is CC(=O)OCC(c1ccccc1)(c1ccc(O)cc1)c1ccc(O)cc1. The van der Waals surface area contributed by atoms with Crippen LogP contribution in [0.25, 0.3) is 0 Å². The molecule has 0 aromatic heterocycles. The first-order valence-corrected chi connectivity index (χ1v) is 8.30. The number of aromatic hydroxyl groups is 2. The Hall–Kier alpha value is -3.27. The molecule has 4 nitrogen and oxygen atoms in total. The van der Waals surface area contributed by atoms with Crippen molar-refractivity contribution in [1.82, 2.24) is 0 Å². The molecule has 0 amide bonds. The van der Waals surface area contributed by atoms with Gasteiger partial charge in [0.1, 0.15) is 18.1 Å². The van der Waals surface area contributed by atoms with Crippen LogP contribution in [0.3, 0.4) is 0 Å². The molecule has 0 aliphatic rings. The number of ether oxygens (including phenoxy) is 1. The molecular weight excluding hydrogens is 328 g/mol. The van der Waals surface area contributed by atoms with E-state index in [0.29, 0.717) is 0 Å². The summed E-state index contributed by atoms with van der Waals surface area (Å²) < 4.78 is 5.47. The monoisotopic (exact) mass is 348 g/mol. The highest BCUT2D eigenvalue weighted by atomic mass is 16.5. The summed E-state index contributed by atoms with van der Waals surface area (Å²) in [5.41, 5.74) is 1.91. The Bertz CT molecular complexity index is 823. The van der Waals surface area contributed by atoms with Crippen molar-refractivity contribution in [2.45, 2.75) is 12.3 Å². The van der Waals surface area contributed by atoms with Crippen LogP contribution in [-0.4, -0.2) is 22.8 Å². The summed E-state index contributed by atoms with van der Waals surface area (Å²) >= 11 is 0. The maximum absolute atomic E-state index is 11.6. The van der Waals surface area contributed by atoms with Crippen LogP contribution in [0.4, 0.5) is 0 Å². The molecule has 0 fully saturated rings. The predicted octanol–water partition coefficient (Wildman–Crippen LogP) is 4.00. The number of esters is 1. The van der Waals surface area contributed by atoms with Crippen molar-refractivity contribution in [2.24, 2.45) is 0 Å². The van der Waals surface area contributed by atoms with Gasteiger partial charge >= 0.3 is 5.97 Å². The van der Waals surface area contributed by atoms with Crippen molar-refractivity contribution in [3.05, 3.63) is 95.6 Å². The maximum Gasteiger partial charge on any atom is 0.302 e. The van der Waals surface area contributed by atoms with Gasteiger partial charge in [-0.3, -0.25) is 4.79 Å². The van der Waals surface area contributed by atoms with Gasteiger partial charge in [-0.2, -0.15) is 0 Å². The molecule has 0 aliphatic heterocycles. The number of carbonyl (C=O) groups is 1. The molecule has 132 valence electrons. The molecule has 0 atom stereocenters. The molecule has 26 heavy (non-hydrogen) atoms. The standard InChI is InChI=1S/C22H20O4/c1-16(23)26-15-22(17-5-3-2-4-6-17,18-7-11-20(24)12-8-18)19-9-13-21(25)14-10-19/h2-14,24-25H,15H2,1H3. The molecule has 0 heterocycles.